The van der Waals surface area contributed by atoms with Crippen molar-refractivity contribution in [3.05, 3.63) is 46.5 Å². The van der Waals surface area contributed by atoms with Crippen molar-refractivity contribution in [3.63, 3.8) is 0 Å². The Morgan fingerprint density at radius 1 is 1.15 bits per heavy atom. The van der Waals surface area contributed by atoms with Gasteiger partial charge in [0.2, 0.25) is 5.91 Å². The van der Waals surface area contributed by atoms with Gasteiger partial charge in [0.05, 0.1) is 34.0 Å². The third-order valence-electron chi connectivity index (χ3n) is 6.70. The Labute approximate surface area is 206 Å². The smallest absolute Gasteiger partial charge is 0.219 e. The topological polar surface area (TPSA) is 79.4 Å². The van der Waals surface area contributed by atoms with Crippen LogP contribution in [-0.2, 0) is 4.79 Å². The first-order chi connectivity index (χ1) is 16.4. The van der Waals surface area contributed by atoms with E-state index in [1.807, 2.05) is 17.0 Å². The molecular formula is C24H24Cl2FN5O2. The Balaban J connectivity index is 1.46. The highest BCUT2D eigenvalue weighted by Gasteiger charge is 2.42. The number of methoxy groups -OCH3 is 1. The lowest BCUT2D eigenvalue weighted by Gasteiger charge is -2.39. The van der Waals surface area contributed by atoms with E-state index in [1.54, 1.807) is 14.0 Å². The summed E-state index contributed by atoms with van der Waals surface area (Å²) in [6, 6.07) is 7.50. The van der Waals surface area contributed by atoms with Crippen molar-refractivity contribution >= 4 is 57.2 Å². The molecule has 0 aliphatic carbocycles. The van der Waals surface area contributed by atoms with Gasteiger partial charge in [-0.2, -0.15) is 0 Å². The maximum absolute atomic E-state index is 14.6. The summed E-state index contributed by atoms with van der Waals surface area (Å²) < 4.78 is 20.3. The lowest BCUT2D eigenvalue weighted by Crippen LogP contribution is -2.48. The zero-order chi connectivity index (χ0) is 24.0. The maximum Gasteiger partial charge on any atom is 0.219 e. The van der Waals surface area contributed by atoms with E-state index in [1.165, 1.54) is 18.5 Å². The van der Waals surface area contributed by atoms with Crippen molar-refractivity contribution in [3.8, 4) is 5.75 Å². The van der Waals surface area contributed by atoms with Crippen molar-refractivity contribution in [1.29, 1.82) is 0 Å². The number of amides is 1. The molecule has 1 amide bonds. The number of piperidine rings is 1. The van der Waals surface area contributed by atoms with E-state index in [0.717, 1.165) is 31.4 Å². The number of anilines is 3. The molecule has 34 heavy (non-hydrogen) atoms. The second kappa shape index (κ2) is 9.07. The highest BCUT2D eigenvalue weighted by atomic mass is 35.5. The predicted molar refractivity (Wildman–Crippen MR) is 132 cm³/mol. The molecule has 2 unspecified atom stereocenters. The standard InChI is InChI=1S/C24H24Cl2FN5O2/c1-12(33)32-14-3-4-15(32)8-13(7-14)30-20-9-16-19(10-21(20)34-2)28-11-29-24(16)31-18-6-5-17(25)22(26)23(18)27/h5-6,9-11,13-15,30H,3-4,7-8H2,1-2H3,(H,28,29,31). The minimum Gasteiger partial charge on any atom is -0.495 e. The van der Waals surface area contributed by atoms with Gasteiger partial charge >= 0.3 is 0 Å². The SMILES string of the molecule is COc1cc2ncnc(Nc3ccc(Cl)c(Cl)c3F)c2cc1NC1CC2CCC(C1)N2C(C)=O. The molecule has 3 heterocycles. The van der Waals surface area contributed by atoms with Crippen LogP contribution in [0.5, 0.6) is 5.75 Å². The van der Waals surface area contributed by atoms with Crippen molar-refractivity contribution in [2.24, 2.45) is 0 Å². The Kier molecular flexibility index (Phi) is 6.12. The maximum atomic E-state index is 14.6. The molecule has 1 aromatic heterocycles. The molecule has 5 rings (SSSR count). The largest absolute Gasteiger partial charge is 0.495 e. The number of carbonyl (C=O) groups excluding carboxylic acids is 1. The Morgan fingerprint density at radius 2 is 1.88 bits per heavy atom. The van der Waals surface area contributed by atoms with Gasteiger partial charge in [0, 0.05) is 36.5 Å². The molecule has 0 saturated carbocycles. The first kappa shape index (κ1) is 22.9. The van der Waals surface area contributed by atoms with E-state index in [9.17, 15) is 9.18 Å². The Hall–Kier alpha value is -2.84. The summed E-state index contributed by atoms with van der Waals surface area (Å²) in [7, 11) is 1.61. The number of nitrogens with zero attached hydrogens (tertiary/aromatic N) is 3. The number of nitrogens with one attached hydrogen (secondary N) is 2. The van der Waals surface area contributed by atoms with Crippen LogP contribution in [0.15, 0.2) is 30.6 Å². The summed E-state index contributed by atoms with van der Waals surface area (Å²) in [6.07, 6.45) is 5.23. The van der Waals surface area contributed by atoms with Crippen LogP contribution in [0, 0.1) is 5.82 Å². The zero-order valence-corrected chi connectivity index (χ0v) is 20.3. The molecular weight excluding hydrogens is 480 g/mol. The lowest BCUT2D eigenvalue weighted by molar-refractivity contribution is -0.133. The van der Waals surface area contributed by atoms with Gasteiger partial charge in [-0.15, -0.1) is 0 Å². The predicted octanol–water partition coefficient (Wildman–Crippen LogP) is 5.78. The Bertz CT molecular complexity index is 1260. The van der Waals surface area contributed by atoms with Crippen molar-refractivity contribution < 1.29 is 13.9 Å². The third kappa shape index (κ3) is 4.09. The number of benzene rings is 2. The second-order valence-corrected chi connectivity index (χ2v) is 9.55. The fourth-order valence-corrected chi connectivity index (χ4v) is 5.55. The Morgan fingerprint density at radius 3 is 2.56 bits per heavy atom. The number of fused-ring (bicyclic) bond motifs is 3. The van der Waals surface area contributed by atoms with Gasteiger partial charge in [0.15, 0.2) is 5.82 Å². The molecule has 0 radical (unpaired) electrons. The van der Waals surface area contributed by atoms with Crippen LogP contribution in [0.2, 0.25) is 10.0 Å². The fraction of sp³-hybridized carbons (Fsp3) is 0.375. The molecule has 2 atom stereocenters. The van der Waals surface area contributed by atoms with Gasteiger partial charge in [-0.05, 0) is 43.9 Å². The summed E-state index contributed by atoms with van der Waals surface area (Å²) in [4.78, 5) is 22.8. The molecule has 2 aliphatic rings. The van der Waals surface area contributed by atoms with Crippen LogP contribution >= 0.6 is 23.2 Å². The molecule has 7 nitrogen and oxygen atoms in total. The minimum atomic E-state index is -0.652. The molecule has 2 saturated heterocycles. The van der Waals surface area contributed by atoms with Gasteiger partial charge in [0.1, 0.15) is 17.9 Å². The van der Waals surface area contributed by atoms with Crippen LogP contribution in [0.3, 0.4) is 0 Å². The van der Waals surface area contributed by atoms with E-state index in [2.05, 4.69) is 20.6 Å². The van der Waals surface area contributed by atoms with Crippen LogP contribution in [0.1, 0.15) is 32.6 Å². The minimum absolute atomic E-state index is 0.137. The van der Waals surface area contributed by atoms with Crippen LogP contribution in [-0.4, -0.2) is 46.0 Å². The summed E-state index contributed by atoms with van der Waals surface area (Å²) in [5.41, 5.74) is 1.60. The summed E-state index contributed by atoms with van der Waals surface area (Å²) >= 11 is 11.9. The van der Waals surface area contributed by atoms with Crippen LogP contribution in [0.4, 0.5) is 21.6 Å². The van der Waals surface area contributed by atoms with E-state index < -0.39 is 5.82 Å². The summed E-state index contributed by atoms with van der Waals surface area (Å²) in [6.45, 7) is 1.65. The van der Waals surface area contributed by atoms with E-state index in [4.69, 9.17) is 27.9 Å². The highest BCUT2D eigenvalue weighted by Crippen LogP contribution is 2.40. The second-order valence-electron chi connectivity index (χ2n) is 8.76. The van der Waals surface area contributed by atoms with Crippen molar-refractivity contribution in [1.82, 2.24) is 14.9 Å². The quantitative estimate of drug-likeness (QED) is 0.429. The molecule has 2 N–H and O–H groups in total. The third-order valence-corrected chi connectivity index (χ3v) is 7.48. The molecule has 178 valence electrons. The number of rotatable bonds is 5. The molecule has 10 heteroatoms. The number of hydrogen-bond acceptors (Lipinski definition) is 6. The highest BCUT2D eigenvalue weighted by molar-refractivity contribution is 6.42. The molecule has 2 aliphatic heterocycles. The number of ether oxygens (including phenoxy) is 1. The number of halogens is 3. The van der Waals surface area contributed by atoms with Gasteiger partial charge in [-0.25, -0.2) is 14.4 Å². The first-order valence-electron chi connectivity index (χ1n) is 11.1. The summed E-state index contributed by atoms with van der Waals surface area (Å²) in [5.74, 6) is 0.579. The normalized spacial score (nSPS) is 21.6. The number of aromatic nitrogens is 2. The zero-order valence-electron chi connectivity index (χ0n) is 18.7. The molecule has 2 fully saturated rings. The van der Waals surface area contributed by atoms with Gasteiger partial charge in [-0.3, -0.25) is 4.79 Å². The first-order valence-corrected chi connectivity index (χ1v) is 11.9. The monoisotopic (exact) mass is 503 g/mol. The van der Waals surface area contributed by atoms with Crippen LogP contribution in [0.25, 0.3) is 10.9 Å². The van der Waals surface area contributed by atoms with Crippen molar-refractivity contribution in [2.75, 3.05) is 17.7 Å². The van der Waals surface area contributed by atoms with E-state index in [0.29, 0.717) is 22.5 Å². The van der Waals surface area contributed by atoms with Gasteiger partial charge in [-0.1, -0.05) is 23.2 Å². The number of carbonyl (C=O) groups is 1. The lowest BCUT2D eigenvalue weighted by atomic mass is 9.96. The molecule has 3 aromatic rings. The number of hydrogen-bond donors (Lipinski definition) is 2. The van der Waals surface area contributed by atoms with E-state index >= 15 is 0 Å². The van der Waals surface area contributed by atoms with Gasteiger partial charge in [0.25, 0.3) is 0 Å². The average Bonchev–Trinajstić information content (AvgIpc) is 3.10. The van der Waals surface area contributed by atoms with Crippen molar-refractivity contribution in [2.45, 2.75) is 50.7 Å². The molecule has 2 bridgehead atoms. The molecule has 0 spiro atoms. The van der Waals surface area contributed by atoms with Crippen LogP contribution < -0.4 is 15.4 Å². The fourth-order valence-electron chi connectivity index (χ4n) is 5.24. The van der Waals surface area contributed by atoms with Gasteiger partial charge < -0.3 is 20.3 Å². The average molecular weight is 504 g/mol. The van der Waals surface area contributed by atoms with E-state index in [-0.39, 0.29) is 39.8 Å². The summed E-state index contributed by atoms with van der Waals surface area (Å²) in [5, 5.41) is 7.30. The molecule has 2 aromatic carbocycles.